The van der Waals surface area contributed by atoms with Crippen molar-refractivity contribution < 1.29 is 0 Å². The lowest BCUT2D eigenvalue weighted by Crippen LogP contribution is -1.82. The molecule has 68 valence electrons. The third-order valence-corrected chi connectivity index (χ3v) is 3.21. The standard InChI is InChI=1S/C11H10Cl2/c12-7-11(13)10-6-9(10)8-4-2-1-3-5-8/h1-5,7,9-10H,6H2/b11-7-/t9-,10+/m0/s1. The van der Waals surface area contributed by atoms with Crippen molar-refractivity contribution >= 4 is 23.2 Å². The molecule has 0 amide bonds. The molecule has 1 aliphatic carbocycles. The minimum absolute atomic E-state index is 0.460. The van der Waals surface area contributed by atoms with Crippen LogP contribution in [0, 0.1) is 5.92 Å². The summed E-state index contributed by atoms with van der Waals surface area (Å²) in [4.78, 5) is 0. The first-order valence-corrected chi connectivity index (χ1v) is 5.15. The Labute approximate surface area is 88.2 Å². The van der Waals surface area contributed by atoms with Gasteiger partial charge in [0.2, 0.25) is 0 Å². The number of rotatable bonds is 2. The molecule has 0 spiro atoms. The second-order valence-corrected chi connectivity index (χ2v) is 4.01. The van der Waals surface area contributed by atoms with E-state index in [1.54, 1.807) is 0 Å². The van der Waals surface area contributed by atoms with Crippen LogP contribution in [-0.2, 0) is 0 Å². The smallest absolute Gasteiger partial charge is 0.0331 e. The maximum absolute atomic E-state index is 5.94. The average molecular weight is 213 g/mol. The van der Waals surface area contributed by atoms with Gasteiger partial charge in [0.25, 0.3) is 0 Å². The minimum atomic E-state index is 0.460. The maximum atomic E-state index is 5.94. The summed E-state index contributed by atoms with van der Waals surface area (Å²) in [6.45, 7) is 0. The molecular weight excluding hydrogens is 203 g/mol. The maximum Gasteiger partial charge on any atom is 0.0331 e. The van der Waals surface area contributed by atoms with E-state index in [0.717, 1.165) is 11.5 Å². The van der Waals surface area contributed by atoms with Crippen LogP contribution in [0.1, 0.15) is 17.9 Å². The highest BCUT2D eigenvalue weighted by atomic mass is 35.5. The molecule has 0 bridgehead atoms. The predicted octanol–water partition coefficient (Wildman–Crippen LogP) is 4.11. The van der Waals surface area contributed by atoms with Crippen molar-refractivity contribution in [3.05, 3.63) is 46.5 Å². The number of hydrogen-bond donors (Lipinski definition) is 0. The summed E-state index contributed by atoms with van der Waals surface area (Å²) in [6.07, 6.45) is 1.13. The van der Waals surface area contributed by atoms with E-state index >= 15 is 0 Å². The number of halogens is 2. The van der Waals surface area contributed by atoms with E-state index in [2.05, 4.69) is 24.3 Å². The molecule has 2 atom stereocenters. The van der Waals surface area contributed by atoms with Gasteiger partial charge in [-0.3, -0.25) is 0 Å². The normalized spacial score (nSPS) is 27.4. The van der Waals surface area contributed by atoms with E-state index in [-0.39, 0.29) is 0 Å². The van der Waals surface area contributed by atoms with Gasteiger partial charge < -0.3 is 0 Å². The van der Waals surface area contributed by atoms with E-state index in [9.17, 15) is 0 Å². The zero-order chi connectivity index (χ0) is 9.26. The van der Waals surface area contributed by atoms with Crippen molar-refractivity contribution in [1.29, 1.82) is 0 Å². The summed E-state index contributed by atoms with van der Waals surface area (Å²) >= 11 is 11.5. The lowest BCUT2D eigenvalue weighted by atomic mass is 10.1. The van der Waals surface area contributed by atoms with Gasteiger partial charge in [0.05, 0.1) is 0 Å². The van der Waals surface area contributed by atoms with E-state index in [0.29, 0.717) is 11.8 Å². The van der Waals surface area contributed by atoms with Crippen LogP contribution in [0.4, 0.5) is 0 Å². The molecule has 0 saturated heterocycles. The van der Waals surface area contributed by atoms with Crippen LogP contribution in [0.25, 0.3) is 0 Å². The van der Waals surface area contributed by atoms with E-state index < -0.39 is 0 Å². The highest BCUT2D eigenvalue weighted by Gasteiger charge is 2.40. The largest absolute Gasteiger partial charge is 0.0917 e. The second-order valence-electron chi connectivity index (χ2n) is 3.35. The van der Waals surface area contributed by atoms with Crippen molar-refractivity contribution in [2.45, 2.75) is 12.3 Å². The molecule has 2 heteroatoms. The lowest BCUT2D eigenvalue weighted by molar-refractivity contribution is 0.996. The van der Waals surface area contributed by atoms with Crippen molar-refractivity contribution in [2.24, 2.45) is 5.92 Å². The summed E-state index contributed by atoms with van der Waals surface area (Å²) in [6, 6.07) is 10.4. The molecule has 1 aromatic carbocycles. The first-order valence-electron chi connectivity index (χ1n) is 4.33. The molecule has 0 unspecified atom stereocenters. The Balaban J connectivity index is 2.09. The molecule has 2 rings (SSSR count). The summed E-state index contributed by atoms with van der Waals surface area (Å²) in [5, 5.41) is 0.788. The zero-order valence-electron chi connectivity index (χ0n) is 7.08. The molecule has 1 aliphatic rings. The Bertz CT molecular complexity index is 316. The number of benzene rings is 1. The van der Waals surface area contributed by atoms with E-state index in [4.69, 9.17) is 23.2 Å². The fraction of sp³-hybridized carbons (Fsp3) is 0.273. The quantitative estimate of drug-likeness (QED) is 0.693. The average Bonchev–Trinajstić information content (AvgIpc) is 2.98. The van der Waals surface area contributed by atoms with Crippen molar-refractivity contribution in [3.63, 3.8) is 0 Å². The van der Waals surface area contributed by atoms with Crippen LogP contribution in [0.3, 0.4) is 0 Å². The Hall–Kier alpha value is -0.460. The highest BCUT2D eigenvalue weighted by Crippen LogP contribution is 2.52. The van der Waals surface area contributed by atoms with Gasteiger partial charge in [-0.15, -0.1) is 0 Å². The summed E-state index contributed by atoms with van der Waals surface area (Å²) in [7, 11) is 0. The predicted molar refractivity (Wildman–Crippen MR) is 57.1 cm³/mol. The Morgan fingerprint density at radius 2 is 2.00 bits per heavy atom. The molecule has 1 aromatic rings. The molecule has 0 nitrogen and oxygen atoms in total. The van der Waals surface area contributed by atoms with Gasteiger partial charge in [0.1, 0.15) is 0 Å². The van der Waals surface area contributed by atoms with Crippen LogP contribution in [-0.4, -0.2) is 0 Å². The molecule has 13 heavy (non-hydrogen) atoms. The van der Waals surface area contributed by atoms with Crippen molar-refractivity contribution in [1.82, 2.24) is 0 Å². The fourth-order valence-corrected chi connectivity index (χ4v) is 2.05. The first-order chi connectivity index (χ1) is 6.33. The van der Waals surface area contributed by atoms with Crippen LogP contribution in [0.2, 0.25) is 0 Å². The lowest BCUT2D eigenvalue weighted by Gasteiger charge is -1.97. The zero-order valence-corrected chi connectivity index (χ0v) is 8.59. The number of hydrogen-bond acceptors (Lipinski definition) is 0. The fourth-order valence-electron chi connectivity index (χ4n) is 1.65. The third kappa shape index (κ3) is 1.90. The highest BCUT2D eigenvalue weighted by molar-refractivity contribution is 6.36. The van der Waals surface area contributed by atoms with Gasteiger partial charge >= 0.3 is 0 Å². The van der Waals surface area contributed by atoms with Crippen LogP contribution in [0.5, 0.6) is 0 Å². The minimum Gasteiger partial charge on any atom is -0.0917 e. The molecule has 1 fully saturated rings. The van der Waals surface area contributed by atoms with Crippen LogP contribution < -0.4 is 0 Å². The van der Waals surface area contributed by atoms with Gasteiger partial charge in [-0.25, -0.2) is 0 Å². The molecule has 0 aliphatic heterocycles. The third-order valence-electron chi connectivity index (χ3n) is 2.48. The Morgan fingerprint density at radius 3 is 2.62 bits per heavy atom. The monoisotopic (exact) mass is 212 g/mol. The first kappa shape index (κ1) is 9.11. The number of allylic oxidation sites excluding steroid dienone is 1. The molecule has 0 aromatic heterocycles. The van der Waals surface area contributed by atoms with Crippen molar-refractivity contribution in [2.75, 3.05) is 0 Å². The van der Waals surface area contributed by atoms with Gasteiger partial charge in [0, 0.05) is 16.5 Å². The van der Waals surface area contributed by atoms with Crippen LogP contribution >= 0.6 is 23.2 Å². The summed E-state index contributed by atoms with van der Waals surface area (Å²) < 4.78 is 0. The van der Waals surface area contributed by atoms with Gasteiger partial charge in [-0.2, -0.15) is 0 Å². The van der Waals surface area contributed by atoms with Crippen LogP contribution in [0.15, 0.2) is 40.9 Å². The molecule has 1 saturated carbocycles. The van der Waals surface area contributed by atoms with Gasteiger partial charge in [-0.05, 0) is 17.9 Å². The SMILES string of the molecule is Cl/C=C(\Cl)[C@@H]1C[C@H]1c1ccccc1. The summed E-state index contributed by atoms with van der Waals surface area (Å²) in [5.41, 5.74) is 2.85. The summed E-state index contributed by atoms with van der Waals surface area (Å²) in [5.74, 6) is 1.05. The molecule has 0 N–H and O–H groups in total. The van der Waals surface area contributed by atoms with E-state index in [1.807, 2.05) is 6.07 Å². The molecule has 0 heterocycles. The van der Waals surface area contributed by atoms with Crippen molar-refractivity contribution in [3.8, 4) is 0 Å². The molecular formula is C11H10Cl2. The Morgan fingerprint density at radius 1 is 1.31 bits per heavy atom. The second kappa shape index (κ2) is 3.73. The van der Waals surface area contributed by atoms with Gasteiger partial charge in [0.15, 0.2) is 0 Å². The Kier molecular flexibility index (Phi) is 2.61. The molecule has 0 radical (unpaired) electrons. The topological polar surface area (TPSA) is 0 Å². The van der Waals surface area contributed by atoms with Gasteiger partial charge in [-0.1, -0.05) is 53.5 Å². The van der Waals surface area contributed by atoms with E-state index in [1.165, 1.54) is 11.1 Å².